The Hall–Kier alpha value is -2.86. The molecule has 1 aromatic carbocycles. The molecule has 0 bridgehead atoms. The Balaban J connectivity index is 1.65. The maximum atomic E-state index is 12.2. The van der Waals surface area contributed by atoms with Crippen molar-refractivity contribution >= 4 is 22.6 Å². The molecule has 3 rings (SSSR count). The number of nitrogens with zero attached hydrogens (tertiary/aromatic N) is 2. The summed E-state index contributed by atoms with van der Waals surface area (Å²) in [5, 5.41) is 6.89. The molecule has 2 amide bonds. The van der Waals surface area contributed by atoms with E-state index in [1.165, 1.54) is 0 Å². The van der Waals surface area contributed by atoms with E-state index in [1.807, 2.05) is 49.5 Å². The zero-order valence-electron chi connectivity index (χ0n) is 14.4. The monoisotopic (exact) mass is 338 g/mol. The van der Waals surface area contributed by atoms with Crippen LogP contribution in [0.2, 0.25) is 0 Å². The molecule has 0 saturated carbocycles. The Bertz CT molecular complexity index is 845. The highest BCUT2D eigenvalue weighted by Crippen LogP contribution is 2.21. The summed E-state index contributed by atoms with van der Waals surface area (Å²) in [6, 6.07) is 11.4. The quantitative estimate of drug-likeness (QED) is 0.722. The standard InChI is InChI=1S/C19H22N4O2/c1-14(15-5-8-20-9-6-15)21-19(24)22-17-3-4-18-16(13-17)7-10-23(18)11-12-25-2/h3-10,13-14H,11-12H2,1-2H3,(H2,21,22,24). The highest BCUT2D eigenvalue weighted by Gasteiger charge is 2.10. The minimum Gasteiger partial charge on any atom is -0.383 e. The van der Waals surface area contributed by atoms with Crippen LogP contribution < -0.4 is 10.6 Å². The lowest BCUT2D eigenvalue weighted by atomic mass is 10.1. The first-order valence-electron chi connectivity index (χ1n) is 8.22. The molecule has 6 nitrogen and oxygen atoms in total. The first-order valence-corrected chi connectivity index (χ1v) is 8.22. The number of rotatable bonds is 6. The molecule has 2 heterocycles. The fourth-order valence-corrected chi connectivity index (χ4v) is 2.76. The molecule has 2 N–H and O–H groups in total. The number of ether oxygens (including phenoxy) is 1. The second-order valence-corrected chi connectivity index (χ2v) is 5.88. The van der Waals surface area contributed by atoms with Crippen LogP contribution in [0, 0.1) is 0 Å². The number of methoxy groups -OCH3 is 1. The van der Waals surface area contributed by atoms with Gasteiger partial charge < -0.3 is 19.9 Å². The van der Waals surface area contributed by atoms with Crippen LogP contribution in [0.5, 0.6) is 0 Å². The molecule has 3 aromatic rings. The van der Waals surface area contributed by atoms with Crippen molar-refractivity contribution in [1.29, 1.82) is 0 Å². The van der Waals surface area contributed by atoms with Crippen molar-refractivity contribution in [2.75, 3.05) is 19.0 Å². The molecule has 1 atom stereocenters. The number of fused-ring (bicyclic) bond motifs is 1. The number of amides is 2. The van der Waals surface area contributed by atoms with Gasteiger partial charge in [0, 0.05) is 48.8 Å². The van der Waals surface area contributed by atoms with E-state index in [0.717, 1.165) is 28.7 Å². The number of benzene rings is 1. The minimum absolute atomic E-state index is 0.0955. The second kappa shape index (κ2) is 7.81. The molecule has 0 aliphatic carbocycles. The number of anilines is 1. The molecule has 0 fully saturated rings. The average molecular weight is 338 g/mol. The van der Waals surface area contributed by atoms with E-state index in [2.05, 4.69) is 20.2 Å². The smallest absolute Gasteiger partial charge is 0.319 e. The van der Waals surface area contributed by atoms with Gasteiger partial charge in [0.1, 0.15) is 0 Å². The predicted molar refractivity (Wildman–Crippen MR) is 98.6 cm³/mol. The Morgan fingerprint density at radius 2 is 2.04 bits per heavy atom. The lowest BCUT2D eigenvalue weighted by molar-refractivity contribution is 0.188. The predicted octanol–water partition coefficient (Wildman–Crippen LogP) is 3.57. The molecule has 0 spiro atoms. The molecule has 0 saturated heterocycles. The SMILES string of the molecule is COCCn1ccc2cc(NC(=O)NC(C)c3ccncc3)ccc21. The lowest BCUT2D eigenvalue weighted by Crippen LogP contribution is -2.31. The van der Waals surface area contributed by atoms with Crippen LogP contribution in [0.25, 0.3) is 10.9 Å². The van der Waals surface area contributed by atoms with Crippen LogP contribution in [-0.2, 0) is 11.3 Å². The molecular weight excluding hydrogens is 316 g/mol. The van der Waals surface area contributed by atoms with Gasteiger partial charge in [0.2, 0.25) is 0 Å². The van der Waals surface area contributed by atoms with Gasteiger partial charge in [-0.3, -0.25) is 4.98 Å². The number of pyridine rings is 1. The fourth-order valence-electron chi connectivity index (χ4n) is 2.76. The first-order chi connectivity index (χ1) is 12.2. The number of urea groups is 1. The first kappa shape index (κ1) is 17.0. The summed E-state index contributed by atoms with van der Waals surface area (Å²) in [7, 11) is 1.69. The lowest BCUT2D eigenvalue weighted by Gasteiger charge is -2.15. The average Bonchev–Trinajstić information content (AvgIpc) is 3.02. The van der Waals surface area contributed by atoms with Crippen molar-refractivity contribution in [3.63, 3.8) is 0 Å². The summed E-state index contributed by atoms with van der Waals surface area (Å²) >= 11 is 0. The minimum atomic E-state index is -0.234. The Morgan fingerprint density at radius 3 is 2.80 bits per heavy atom. The van der Waals surface area contributed by atoms with Gasteiger partial charge in [0.05, 0.1) is 12.6 Å². The molecule has 1 unspecified atom stereocenters. The van der Waals surface area contributed by atoms with E-state index in [4.69, 9.17) is 4.74 Å². The van der Waals surface area contributed by atoms with Crippen LogP contribution in [0.15, 0.2) is 55.0 Å². The second-order valence-electron chi connectivity index (χ2n) is 5.88. The Labute approximate surface area is 146 Å². The molecule has 0 aliphatic heterocycles. The van der Waals surface area contributed by atoms with Crippen LogP contribution >= 0.6 is 0 Å². The number of hydrogen-bond acceptors (Lipinski definition) is 3. The van der Waals surface area contributed by atoms with E-state index < -0.39 is 0 Å². The number of carbonyl (C=O) groups excluding carboxylic acids is 1. The largest absolute Gasteiger partial charge is 0.383 e. The fraction of sp³-hybridized carbons (Fsp3) is 0.263. The number of nitrogens with one attached hydrogen (secondary N) is 2. The molecule has 0 radical (unpaired) electrons. The van der Waals surface area contributed by atoms with Crippen molar-refractivity contribution < 1.29 is 9.53 Å². The summed E-state index contributed by atoms with van der Waals surface area (Å²) < 4.78 is 7.26. The van der Waals surface area contributed by atoms with Crippen molar-refractivity contribution in [2.45, 2.75) is 19.5 Å². The van der Waals surface area contributed by atoms with Crippen molar-refractivity contribution in [3.8, 4) is 0 Å². The molecule has 130 valence electrons. The zero-order chi connectivity index (χ0) is 17.6. The highest BCUT2D eigenvalue weighted by atomic mass is 16.5. The van der Waals surface area contributed by atoms with Crippen LogP contribution in [0.4, 0.5) is 10.5 Å². The van der Waals surface area contributed by atoms with Crippen molar-refractivity contribution in [3.05, 3.63) is 60.6 Å². The topological polar surface area (TPSA) is 68.2 Å². The van der Waals surface area contributed by atoms with Gasteiger partial charge in [0.15, 0.2) is 0 Å². The Kier molecular flexibility index (Phi) is 5.30. The highest BCUT2D eigenvalue weighted by molar-refractivity contribution is 5.93. The van der Waals surface area contributed by atoms with Gasteiger partial charge in [-0.25, -0.2) is 4.79 Å². The third-order valence-corrected chi connectivity index (χ3v) is 4.12. The maximum absolute atomic E-state index is 12.2. The van der Waals surface area contributed by atoms with Gasteiger partial charge in [0.25, 0.3) is 0 Å². The molecule has 0 aliphatic rings. The van der Waals surface area contributed by atoms with E-state index in [9.17, 15) is 4.79 Å². The molecule has 6 heteroatoms. The van der Waals surface area contributed by atoms with Gasteiger partial charge in [-0.2, -0.15) is 0 Å². The summed E-state index contributed by atoms with van der Waals surface area (Å²) in [6.45, 7) is 3.41. The van der Waals surface area contributed by atoms with E-state index in [0.29, 0.717) is 6.61 Å². The third kappa shape index (κ3) is 4.16. The van der Waals surface area contributed by atoms with Crippen LogP contribution in [0.1, 0.15) is 18.5 Å². The van der Waals surface area contributed by atoms with Crippen molar-refractivity contribution in [2.24, 2.45) is 0 Å². The van der Waals surface area contributed by atoms with Gasteiger partial charge in [-0.1, -0.05) is 0 Å². The number of carbonyl (C=O) groups is 1. The summed E-state index contributed by atoms with van der Waals surface area (Å²) in [5.41, 5.74) is 2.89. The number of aromatic nitrogens is 2. The summed E-state index contributed by atoms with van der Waals surface area (Å²) in [4.78, 5) is 16.2. The number of hydrogen-bond donors (Lipinski definition) is 2. The van der Waals surface area contributed by atoms with E-state index in [-0.39, 0.29) is 12.1 Å². The van der Waals surface area contributed by atoms with E-state index in [1.54, 1.807) is 19.5 Å². The summed E-state index contributed by atoms with van der Waals surface area (Å²) in [5.74, 6) is 0. The third-order valence-electron chi connectivity index (χ3n) is 4.12. The van der Waals surface area contributed by atoms with Gasteiger partial charge >= 0.3 is 6.03 Å². The van der Waals surface area contributed by atoms with Crippen LogP contribution in [-0.4, -0.2) is 29.3 Å². The normalized spacial score (nSPS) is 12.1. The Morgan fingerprint density at radius 1 is 1.24 bits per heavy atom. The summed E-state index contributed by atoms with van der Waals surface area (Å²) in [6.07, 6.45) is 5.46. The van der Waals surface area contributed by atoms with Gasteiger partial charge in [-0.05, 0) is 48.9 Å². The van der Waals surface area contributed by atoms with Crippen LogP contribution in [0.3, 0.4) is 0 Å². The zero-order valence-corrected chi connectivity index (χ0v) is 14.4. The maximum Gasteiger partial charge on any atom is 0.319 e. The van der Waals surface area contributed by atoms with Crippen molar-refractivity contribution in [1.82, 2.24) is 14.9 Å². The van der Waals surface area contributed by atoms with E-state index >= 15 is 0 Å². The molecule has 25 heavy (non-hydrogen) atoms. The van der Waals surface area contributed by atoms with Gasteiger partial charge in [-0.15, -0.1) is 0 Å². The molecular formula is C19H22N4O2. The molecule has 2 aromatic heterocycles.